The van der Waals surface area contributed by atoms with Gasteiger partial charge in [0.05, 0.1) is 9.82 Å². The molecule has 0 bridgehead atoms. The molecule has 26 heavy (non-hydrogen) atoms. The lowest BCUT2D eigenvalue weighted by Gasteiger charge is -2.12. The highest BCUT2D eigenvalue weighted by atomic mass is 32.2. The number of amides is 1. The first-order chi connectivity index (χ1) is 12.3. The average Bonchev–Trinajstić information content (AvgIpc) is 3.04. The fraction of sp³-hybridized carbons (Fsp3) is 0.188. The van der Waals surface area contributed by atoms with Crippen LogP contribution < -0.4 is 15.0 Å². The van der Waals surface area contributed by atoms with Gasteiger partial charge in [-0.1, -0.05) is 24.3 Å². The van der Waals surface area contributed by atoms with E-state index in [1.807, 2.05) is 17.0 Å². The van der Waals surface area contributed by atoms with E-state index in [0.717, 1.165) is 11.6 Å². The Morgan fingerprint density at radius 2 is 2.00 bits per heavy atom. The Balaban J connectivity index is 1.68. The topological polar surface area (TPSA) is 128 Å². The fourth-order valence-electron chi connectivity index (χ4n) is 2.54. The van der Waals surface area contributed by atoms with Crippen LogP contribution in [0, 0.1) is 17.0 Å². The molecule has 1 amide bonds. The largest absolute Gasteiger partial charge is 0.480 e. The van der Waals surface area contributed by atoms with E-state index in [4.69, 9.17) is 4.74 Å². The standard InChI is InChI=1S/C16H15N3O6S/c1-10-6-7-12(9-13(10)19(21)22)26(23,24)18-17-16(20)15-8-11-4-2-3-5-14(11)25-15/h2-7,9,15,18H,8H2,1H3,(H,17,20)/t15-/m1/s1. The van der Waals surface area contributed by atoms with Crippen LogP contribution in [0.3, 0.4) is 0 Å². The number of nitro benzene ring substituents is 1. The number of carbonyl (C=O) groups is 1. The molecule has 136 valence electrons. The predicted octanol–water partition coefficient (Wildman–Crippen LogP) is 1.22. The van der Waals surface area contributed by atoms with Gasteiger partial charge in [0.2, 0.25) is 0 Å². The zero-order valence-corrected chi connectivity index (χ0v) is 14.4. The van der Waals surface area contributed by atoms with Gasteiger partial charge in [-0.15, -0.1) is 4.83 Å². The molecule has 0 aliphatic carbocycles. The monoisotopic (exact) mass is 377 g/mol. The van der Waals surface area contributed by atoms with Gasteiger partial charge in [0.1, 0.15) is 5.75 Å². The van der Waals surface area contributed by atoms with Gasteiger partial charge >= 0.3 is 0 Å². The zero-order chi connectivity index (χ0) is 18.9. The molecule has 10 heteroatoms. The third kappa shape index (κ3) is 3.51. The van der Waals surface area contributed by atoms with Crippen molar-refractivity contribution in [2.24, 2.45) is 0 Å². The summed E-state index contributed by atoms with van der Waals surface area (Å²) in [4.78, 5) is 24.0. The summed E-state index contributed by atoms with van der Waals surface area (Å²) in [7, 11) is -4.17. The van der Waals surface area contributed by atoms with Crippen LogP contribution in [-0.4, -0.2) is 25.4 Å². The minimum atomic E-state index is -4.17. The molecule has 1 atom stereocenters. The molecule has 2 aromatic carbocycles. The maximum atomic E-state index is 12.3. The molecular weight excluding hydrogens is 362 g/mol. The SMILES string of the molecule is Cc1ccc(S(=O)(=O)NNC(=O)[C@H]2Cc3ccccc3O2)cc1[N+](=O)[O-]. The van der Waals surface area contributed by atoms with Crippen LogP contribution in [0.2, 0.25) is 0 Å². The maximum absolute atomic E-state index is 12.3. The highest BCUT2D eigenvalue weighted by molar-refractivity contribution is 7.89. The second-order valence-electron chi connectivity index (χ2n) is 5.72. The number of aryl methyl sites for hydroxylation is 1. The van der Waals surface area contributed by atoms with Gasteiger partial charge in [0, 0.05) is 18.1 Å². The summed E-state index contributed by atoms with van der Waals surface area (Å²) in [5.41, 5.74) is 2.94. The van der Waals surface area contributed by atoms with Gasteiger partial charge in [0.15, 0.2) is 6.10 Å². The van der Waals surface area contributed by atoms with Crippen LogP contribution >= 0.6 is 0 Å². The first kappa shape index (κ1) is 17.8. The number of hydrazine groups is 1. The van der Waals surface area contributed by atoms with Gasteiger partial charge in [-0.2, -0.15) is 0 Å². The Bertz CT molecular complexity index is 964. The number of fused-ring (bicyclic) bond motifs is 1. The third-order valence-electron chi connectivity index (χ3n) is 3.94. The Morgan fingerprint density at radius 1 is 1.27 bits per heavy atom. The zero-order valence-electron chi connectivity index (χ0n) is 13.6. The Morgan fingerprint density at radius 3 is 2.69 bits per heavy atom. The van der Waals surface area contributed by atoms with Crippen molar-refractivity contribution in [3.63, 3.8) is 0 Å². The van der Waals surface area contributed by atoms with E-state index in [-0.39, 0.29) is 10.6 Å². The molecule has 0 fully saturated rings. The average molecular weight is 377 g/mol. The molecule has 9 nitrogen and oxygen atoms in total. The first-order valence-corrected chi connectivity index (χ1v) is 9.07. The third-order valence-corrected chi connectivity index (χ3v) is 5.18. The van der Waals surface area contributed by atoms with E-state index in [9.17, 15) is 23.3 Å². The predicted molar refractivity (Wildman–Crippen MR) is 90.9 cm³/mol. The van der Waals surface area contributed by atoms with Crippen molar-refractivity contribution in [1.82, 2.24) is 10.3 Å². The molecular formula is C16H15N3O6S. The number of para-hydroxylation sites is 1. The number of hydrogen-bond donors (Lipinski definition) is 2. The van der Waals surface area contributed by atoms with Crippen LogP contribution in [0.1, 0.15) is 11.1 Å². The van der Waals surface area contributed by atoms with E-state index in [1.165, 1.54) is 19.1 Å². The lowest BCUT2D eigenvalue weighted by atomic mass is 10.1. The summed E-state index contributed by atoms with van der Waals surface area (Å²) < 4.78 is 30.0. The fourth-order valence-corrected chi connectivity index (χ4v) is 3.41. The van der Waals surface area contributed by atoms with Gasteiger partial charge in [-0.3, -0.25) is 20.3 Å². The summed E-state index contributed by atoms with van der Waals surface area (Å²) in [6.07, 6.45) is -0.540. The van der Waals surface area contributed by atoms with E-state index in [1.54, 1.807) is 12.1 Å². The lowest BCUT2D eigenvalue weighted by molar-refractivity contribution is -0.385. The number of carbonyl (C=O) groups excluding carboxylic acids is 1. The molecule has 0 unspecified atom stereocenters. The number of benzene rings is 2. The van der Waals surface area contributed by atoms with Crippen LogP contribution in [0.5, 0.6) is 5.75 Å². The van der Waals surface area contributed by atoms with Crippen LogP contribution in [0.25, 0.3) is 0 Å². The van der Waals surface area contributed by atoms with E-state index in [2.05, 4.69) is 5.43 Å². The number of nitro groups is 1. The summed E-state index contributed by atoms with van der Waals surface area (Å²) in [5.74, 6) is -0.0870. The Labute approximate surface area is 149 Å². The molecule has 0 radical (unpaired) electrons. The second-order valence-corrected chi connectivity index (χ2v) is 7.40. The molecule has 0 aromatic heterocycles. The van der Waals surface area contributed by atoms with Gasteiger partial charge in [0.25, 0.3) is 21.6 Å². The number of nitrogens with one attached hydrogen (secondary N) is 2. The van der Waals surface area contributed by atoms with Crippen molar-refractivity contribution in [3.8, 4) is 5.75 Å². The van der Waals surface area contributed by atoms with Gasteiger partial charge in [-0.05, 0) is 24.6 Å². The number of rotatable bonds is 5. The van der Waals surface area contributed by atoms with Crippen molar-refractivity contribution in [2.75, 3.05) is 0 Å². The van der Waals surface area contributed by atoms with Crippen molar-refractivity contribution >= 4 is 21.6 Å². The number of ether oxygens (including phenoxy) is 1. The Hall–Kier alpha value is -2.98. The summed E-state index contributed by atoms with van der Waals surface area (Å²) >= 11 is 0. The van der Waals surface area contributed by atoms with Crippen molar-refractivity contribution in [2.45, 2.75) is 24.3 Å². The minimum absolute atomic E-state index is 0.319. The molecule has 0 spiro atoms. The molecule has 1 aliphatic heterocycles. The number of nitrogens with zero attached hydrogens (tertiary/aromatic N) is 1. The molecule has 1 aliphatic rings. The molecule has 0 saturated carbocycles. The smallest absolute Gasteiger partial charge is 0.276 e. The van der Waals surface area contributed by atoms with E-state index in [0.29, 0.717) is 17.7 Å². The lowest BCUT2D eigenvalue weighted by Crippen LogP contribution is -2.47. The quantitative estimate of drug-likeness (QED) is 0.596. The molecule has 3 rings (SSSR count). The van der Waals surface area contributed by atoms with E-state index < -0.39 is 27.0 Å². The molecule has 2 N–H and O–H groups in total. The van der Waals surface area contributed by atoms with Crippen LogP contribution in [-0.2, 0) is 21.2 Å². The van der Waals surface area contributed by atoms with Crippen LogP contribution in [0.15, 0.2) is 47.4 Å². The minimum Gasteiger partial charge on any atom is -0.480 e. The summed E-state index contributed by atoms with van der Waals surface area (Å²) in [5, 5.41) is 11.0. The maximum Gasteiger partial charge on any atom is 0.276 e. The van der Waals surface area contributed by atoms with Gasteiger partial charge in [-0.25, -0.2) is 8.42 Å². The number of hydrogen-bond acceptors (Lipinski definition) is 6. The number of sulfonamides is 1. The first-order valence-electron chi connectivity index (χ1n) is 7.59. The van der Waals surface area contributed by atoms with E-state index >= 15 is 0 Å². The second kappa shape index (κ2) is 6.73. The molecule has 0 saturated heterocycles. The van der Waals surface area contributed by atoms with Crippen LogP contribution in [0.4, 0.5) is 5.69 Å². The highest BCUT2D eigenvalue weighted by Gasteiger charge is 2.30. The van der Waals surface area contributed by atoms with Crippen molar-refractivity contribution in [3.05, 3.63) is 63.7 Å². The van der Waals surface area contributed by atoms with Gasteiger partial charge < -0.3 is 4.74 Å². The molecule has 2 aromatic rings. The van der Waals surface area contributed by atoms with Crippen molar-refractivity contribution < 1.29 is 22.9 Å². The molecule has 1 heterocycles. The summed E-state index contributed by atoms with van der Waals surface area (Å²) in [6.45, 7) is 1.50. The highest BCUT2D eigenvalue weighted by Crippen LogP contribution is 2.28. The van der Waals surface area contributed by atoms with Crippen molar-refractivity contribution in [1.29, 1.82) is 0 Å². The Kier molecular flexibility index (Phi) is 4.62. The summed E-state index contributed by atoms with van der Waals surface area (Å²) in [6, 6.07) is 10.6. The normalized spacial score (nSPS) is 15.8.